The lowest BCUT2D eigenvalue weighted by Gasteiger charge is -1.98. The Labute approximate surface area is 162 Å². The average molecular weight is 398 g/mol. The van der Waals surface area contributed by atoms with Crippen LogP contribution in [0.1, 0.15) is 15.4 Å². The van der Waals surface area contributed by atoms with E-state index < -0.39 is 0 Å². The van der Waals surface area contributed by atoms with Crippen LogP contribution < -0.4 is 10.1 Å². The molecule has 3 heterocycles. The Morgan fingerprint density at radius 2 is 2.00 bits per heavy atom. The summed E-state index contributed by atoms with van der Waals surface area (Å²) >= 11 is 2.67. The van der Waals surface area contributed by atoms with Crippen LogP contribution >= 0.6 is 22.7 Å². The van der Waals surface area contributed by atoms with E-state index in [1.54, 1.807) is 13.2 Å². The van der Waals surface area contributed by atoms with E-state index >= 15 is 0 Å². The van der Waals surface area contributed by atoms with Gasteiger partial charge in [0.1, 0.15) is 10.6 Å². The molecule has 0 aliphatic rings. The summed E-state index contributed by atoms with van der Waals surface area (Å²) in [5, 5.41) is 9.18. The lowest BCUT2D eigenvalue weighted by molar-refractivity contribution is 0.103. The van der Waals surface area contributed by atoms with Gasteiger partial charge in [-0.25, -0.2) is 4.98 Å². The molecule has 0 spiro atoms. The number of nitrogens with zero attached hydrogens (tertiary/aromatic N) is 3. The number of nitrogens with one attached hydrogen (secondary N) is 1. The highest BCUT2D eigenvalue weighted by atomic mass is 32.1. The van der Waals surface area contributed by atoms with Crippen LogP contribution in [-0.4, -0.2) is 28.1 Å². The Kier molecular flexibility index (Phi) is 4.69. The number of rotatable bonds is 5. The van der Waals surface area contributed by atoms with Crippen LogP contribution in [0.2, 0.25) is 0 Å². The van der Waals surface area contributed by atoms with E-state index in [4.69, 9.17) is 9.26 Å². The summed E-state index contributed by atoms with van der Waals surface area (Å²) in [5.74, 6) is 1.42. The Hall–Kier alpha value is -3.04. The molecule has 4 rings (SSSR count). The Bertz CT molecular complexity index is 1070. The molecule has 27 heavy (non-hydrogen) atoms. The van der Waals surface area contributed by atoms with Crippen LogP contribution in [0.4, 0.5) is 5.13 Å². The first-order chi connectivity index (χ1) is 13.1. The van der Waals surface area contributed by atoms with Crippen molar-refractivity contribution in [3.05, 3.63) is 52.3 Å². The van der Waals surface area contributed by atoms with Crippen LogP contribution in [0.3, 0.4) is 0 Å². The van der Waals surface area contributed by atoms with Crippen molar-refractivity contribution in [1.29, 1.82) is 0 Å². The smallest absolute Gasteiger partial charge is 0.270 e. The molecule has 3 aromatic heterocycles. The zero-order valence-corrected chi connectivity index (χ0v) is 16.1. The van der Waals surface area contributed by atoms with Gasteiger partial charge < -0.3 is 9.26 Å². The van der Waals surface area contributed by atoms with E-state index in [1.165, 1.54) is 22.7 Å². The molecular weight excluding hydrogens is 384 g/mol. The maximum Gasteiger partial charge on any atom is 0.270 e. The fourth-order valence-electron chi connectivity index (χ4n) is 2.39. The highest BCUT2D eigenvalue weighted by Crippen LogP contribution is 2.33. The average Bonchev–Trinajstić information content (AvgIpc) is 3.42. The number of aryl methyl sites for hydroxylation is 1. The molecule has 0 aliphatic heterocycles. The molecule has 4 aromatic rings. The summed E-state index contributed by atoms with van der Waals surface area (Å²) in [6.07, 6.45) is 0. The molecular formula is C18H14N4O3S2. The molecule has 1 N–H and O–H groups in total. The normalized spacial score (nSPS) is 10.7. The lowest BCUT2D eigenvalue weighted by atomic mass is 10.2. The Balaban J connectivity index is 1.56. The number of hydrogen-bond acceptors (Lipinski definition) is 8. The minimum atomic E-state index is -0.185. The zero-order valence-electron chi connectivity index (χ0n) is 14.4. The molecule has 0 saturated heterocycles. The van der Waals surface area contributed by atoms with E-state index in [0.717, 1.165) is 16.2 Å². The third kappa shape index (κ3) is 3.60. The van der Waals surface area contributed by atoms with E-state index in [2.05, 4.69) is 20.4 Å². The molecule has 9 heteroatoms. The molecule has 0 bridgehead atoms. The first kappa shape index (κ1) is 17.4. The van der Waals surface area contributed by atoms with Gasteiger partial charge in [-0.1, -0.05) is 22.6 Å². The number of thiophene rings is 1. The van der Waals surface area contributed by atoms with Crippen molar-refractivity contribution in [1.82, 2.24) is 15.1 Å². The largest absolute Gasteiger partial charge is 0.497 e. The van der Waals surface area contributed by atoms with Gasteiger partial charge in [-0.2, -0.15) is 4.98 Å². The highest BCUT2D eigenvalue weighted by Gasteiger charge is 2.19. The van der Waals surface area contributed by atoms with Gasteiger partial charge in [0, 0.05) is 5.56 Å². The molecule has 1 amide bonds. The van der Waals surface area contributed by atoms with Gasteiger partial charge in [0.05, 0.1) is 17.7 Å². The Morgan fingerprint density at radius 1 is 1.19 bits per heavy atom. The number of thiazole rings is 1. The fourth-order valence-corrected chi connectivity index (χ4v) is 3.89. The first-order valence-electron chi connectivity index (χ1n) is 7.95. The third-order valence-electron chi connectivity index (χ3n) is 3.73. The predicted molar refractivity (Wildman–Crippen MR) is 104 cm³/mol. The number of anilines is 1. The molecule has 0 atom stereocenters. The molecule has 1 aromatic carbocycles. The molecule has 7 nitrogen and oxygen atoms in total. The topological polar surface area (TPSA) is 90.1 Å². The summed E-state index contributed by atoms with van der Waals surface area (Å²) in [6, 6.07) is 11.0. The van der Waals surface area contributed by atoms with Gasteiger partial charge in [-0.3, -0.25) is 10.1 Å². The molecule has 136 valence electrons. The number of amides is 1. The summed E-state index contributed by atoms with van der Waals surface area (Å²) < 4.78 is 10.6. The van der Waals surface area contributed by atoms with E-state index in [-0.39, 0.29) is 5.91 Å². The van der Waals surface area contributed by atoms with Crippen molar-refractivity contribution in [2.45, 2.75) is 6.92 Å². The highest BCUT2D eigenvalue weighted by molar-refractivity contribution is 7.19. The van der Waals surface area contributed by atoms with Gasteiger partial charge in [0.25, 0.3) is 11.8 Å². The number of methoxy groups -OCH3 is 1. The van der Waals surface area contributed by atoms with Crippen LogP contribution in [0.15, 0.2) is 46.3 Å². The maximum absolute atomic E-state index is 12.2. The number of benzene rings is 1. The summed E-state index contributed by atoms with van der Waals surface area (Å²) in [7, 11) is 1.61. The van der Waals surface area contributed by atoms with Crippen LogP contribution in [0.5, 0.6) is 5.75 Å². The van der Waals surface area contributed by atoms with Crippen molar-refractivity contribution in [3.8, 4) is 27.9 Å². The van der Waals surface area contributed by atoms with Crippen LogP contribution in [0, 0.1) is 6.92 Å². The van der Waals surface area contributed by atoms with Gasteiger partial charge in [0.2, 0.25) is 5.82 Å². The number of hydrogen-bond donors (Lipinski definition) is 1. The maximum atomic E-state index is 12.2. The van der Waals surface area contributed by atoms with Crippen molar-refractivity contribution in [3.63, 3.8) is 0 Å². The van der Waals surface area contributed by atoms with E-state index in [1.807, 2.05) is 42.6 Å². The molecule has 0 unspecified atom stereocenters. The Morgan fingerprint density at radius 3 is 2.70 bits per heavy atom. The van der Waals surface area contributed by atoms with Crippen LogP contribution in [0.25, 0.3) is 22.2 Å². The molecule has 0 saturated carbocycles. The second kappa shape index (κ2) is 7.29. The minimum absolute atomic E-state index is 0.185. The van der Waals surface area contributed by atoms with E-state index in [0.29, 0.717) is 27.4 Å². The molecule has 0 aliphatic carbocycles. The van der Waals surface area contributed by atoms with Crippen molar-refractivity contribution >= 4 is 33.7 Å². The number of ether oxygens (including phenoxy) is 1. The number of carbonyl (C=O) groups excluding carboxylic acids is 1. The molecule has 0 fully saturated rings. The van der Waals surface area contributed by atoms with E-state index in [9.17, 15) is 4.79 Å². The predicted octanol–water partition coefficient (Wildman–Crippen LogP) is 4.49. The van der Waals surface area contributed by atoms with Crippen molar-refractivity contribution in [2.24, 2.45) is 0 Å². The first-order valence-corrected chi connectivity index (χ1v) is 9.64. The van der Waals surface area contributed by atoms with Gasteiger partial charge in [-0.15, -0.1) is 11.3 Å². The summed E-state index contributed by atoms with van der Waals surface area (Å²) in [6.45, 7) is 1.84. The van der Waals surface area contributed by atoms with Gasteiger partial charge >= 0.3 is 0 Å². The van der Waals surface area contributed by atoms with Crippen LogP contribution in [-0.2, 0) is 0 Å². The third-order valence-corrected chi connectivity index (χ3v) is 5.66. The SMILES string of the molecule is COc1ccc(-c2noc(-c3sc(NC(=O)c4cccs4)nc3C)n2)cc1. The molecule has 0 radical (unpaired) electrons. The second-order valence-corrected chi connectivity index (χ2v) is 7.46. The number of carbonyl (C=O) groups is 1. The summed E-state index contributed by atoms with van der Waals surface area (Å²) in [4.78, 5) is 22.4. The zero-order chi connectivity index (χ0) is 18.8. The van der Waals surface area contributed by atoms with Gasteiger partial charge in [-0.05, 0) is 42.6 Å². The second-order valence-electron chi connectivity index (χ2n) is 5.52. The number of aromatic nitrogens is 3. The fraction of sp³-hybridized carbons (Fsp3) is 0.111. The summed E-state index contributed by atoms with van der Waals surface area (Å²) in [5.41, 5.74) is 1.53. The monoisotopic (exact) mass is 398 g/mol. The lowest BCUT2D eigenvalue weighted by Crippen LogP contribution is -2.09. The van der Waals surface area contributed by atoms with Crippen molar-refractivity contribution < 1.29 is 14.1 Å². The van der Waals surface area contributed by atoms with Crippen molar-refractivity contribution in [2.75, 3.05) is 12.4 Å². The quantitative estimate of drug-likeness (QED) is 0.533. The minimum Gasteiger partial charge on any atom is -0.497 e. The van der Waals surface area contributed by atoms with Gasteiger partial charge in [0.15, 0.2) is 5.13 Å². The standard InChI is InChI=1S/C18H14N4O3S2/c1-10-14(27-18(19-10)21-16(23)13-4-3-9-26-13)17-20-15(22-25-17)11-5-7-12(24-2)8-6-11/h3-9H,1-2H3,(H,19,21,23).